The maximum atomic E-state index is 2.43. The molecule has 0 heterocycles. The molecule has 0 amide bonds. The van der Waals surface area contributed by atoms with Crippen molar-refractivity contribution >= 4 is 5.57 Å². The lowest BCUT2D eigenvalue weighted by molar-refractivity contribution is 0.569. The number of benzene rings is 2. The van der Waals surface area contributed by atoms with Crippen LogP contribution in [0.25, 0.3) is 16.7 Å². The summed E-state index contributed by atoms with van der Waals surface area (Å²) in [5, 5.41) is 0. The third-order valence-corrected chi connectivity index (χ3v) is 6.04. The Morgan fingerprint density at radius 1 is 0.778 bits per heavy atom. The highest BCUT2D eigenvalue weighted by Crippen LogP contribution is 2.43. The summed E-state index contributed by atoms with van der Waals surface area (Å²) in [7, 11) is 0. The average Bonchev–Trinajstić information content (AvgIpc) is 2.97. The molecule has 27 heavy (non-hydrogen) atoms. The van der Waals surface area contributed by atoms with Crippen LogP contribution in [-0.2, 0) is 17.3 Å². The van der Waals surface area contributed by atoms with Crippen LogP contribution in [0, 0.1) is 0 Å². The van der Waals surface area contributed by atoms with Crippen LogP contribution in [0.5, 0.6) is 0 Å². The molecule has 0 atom stereocenters. The monoisotopic (exact) mass is 360 g/mol. The fourth-order valence-electron chi connectivity index (χ4n) is 4.27. The van der Waals surface area contributed by atoms with Gasteiger partial charge < -0.3 is 0 Å². The quantitative estimate of drug-likeness (QED) is 0.519. The molecule has 2 aromatic carbocycles. The van der Waals surface area contributed by atoms with Crippen molar-refractivity contribution in [3.63, 3.8) is 0 Å². The molecule has 0 N–H and O–H groups in total. The Labute approximate surface area is 166 Å². The summed E-state index contributed by atoms with van der Waals surface area (Å²) in [6.45, 7) is 18.5. The summed E-state index contributed by atoms with van der Waals surface area (Å²) in [4.78, 5) is 0. The van der Waals surface area contributed by atoms with E-state index >= 15 is 0 Å². The molecule has 0 saturated carbocycles. The maximum absolute atomic E-state index is 2.43. The second-order valence-electron chi connectivity index (χ2n) is 10.1. The molecule has 0 fully saturated rings. The van der Waals surface area contributed by atoms with E-state index in [0.717, 1.165) is 19.3 Å². The average molecular weight is 361 g/mol. The summed E-state index contributed by atoms with van der Waals surface area (Å²) < 4.78 is 0. The maximum Gasteiger partial charge on any atom is -0.00549 e. The first-order valence-electron chi connectivity index (χ1n) is 10.6. The molecule has 3 rings (SSSR count). The number of allylic oxidation sites excluding steroid dienone is 2. The minimum atomic E-state index is 0.145. The lowest BCUT2D eigenvalue weighted by Crippen LogP contribution is -2.16. The van der Waals surface area contributed by atoms with Gasteiger partial charge in [-0.1, -0.05) is 97.4 Å². The van der Waals surface area contributed by atoms with Crippen LogP contribution in [0.4, 0.5) is 0 Å². The predicted molar refractivity (Wildman–Crippen MR) is 120 cm³/mol. The molecule has 0 radical (unpaired) electrons. The molecular weight excluding hydrogens is 324 g/mol. The zero-order valence-electron chi connectivity index (χ0n) is 18.6. The van der Waals surface area contributed by atoms with Gasteiger partial charge in [0.25, 0.3) is 0 Å². The highest BCUT2D eigenvalue weighted by molar-refractivity contribution is 5.88. The van der Waals surface area contributed by atoms with E-state index in [1.54, 1.807) is 11.1 Å². The SMILES string of the molecule is CCC1=C(CC)c2c(cccc2-c2cc(C(C)(C)C)cc(C(C)(C)C)c2)C1. The van der Waals surface area contributed by atoms with Gasteiger partial charge in [0.05, 0.1) is 0 Å². The van der Waals surface area contributed by atoms with Crippen LogP contribution < -0.4 is 0 Å². The van der Waals surface area contributed by atoms with E-state index in [4.69, 9.17) is 0 Å². The van der Waals surface area contributed by atoms with Crippen LogP contribution in [0.15, 0.2) is 42.0 Å². The zero-order chi connectivity index (χ0) is 20.0. The third-order valence-electron chi connectivity index (χ3n) is 6.04. The second kappa shape index (κ2) is 6.97. The molecule has 1 aliphatic rings. The lowest BCUT2D eigenvalue weighted by Gasteiger charge is -2.27. The molecule has 2 aromatic rings. The van der Waals surface area contributed by atoms with E-state index in [-0.39, 0.29) is 10.8 Å². The molecule has 0 unspecified atom stereocenters. The van der Waals surface area contributed by atoms with Gasteiger partial charge in [-0.15, -0.1) is 0 Å². The van der Waals surface area contributed by atoms with Crippen LogP contribution in [0.3, 0.4) is 0 Å². The van der Waals surface area contributed by atoms with Gasteiger partial charge in [0.1, 0.15) is 0 Å². The summed E-state index contributed by atoms with van der Waals surface area (Å²) in [6, 6.07) is 14.2. The normalized spacial score (nSPS) is 14.7. The number of hydrogen-bond donors (Lipinski definition) is 0. The standard InChI is InChI=1S/C27H36/c1-9-18-14-19-12-11-13-24(25(19)23(18)10-2)20-15-21(26(3,4)5)17-22(16-20)27(6,7)8/h11-13,15-17H,9-10,14H2,1-8H3. The molecular formula is C27H36. The number of hydrogen-bond acceptors (Lipinski definition) is 0. The van der Waals surface area contributed by atoms with Crippen molar-refractivity contribution in [3.05, 3.63) is 64.2 Å². The predicted octanol–water partition coefficient (Wildman–Crippen LogP) is 8.08. The summed E-state index contributed by atoms with van der Waals surface area (Å²) in [5.74, 6) is 0. The minimum Gasteiger partial charge on any atom is -0.0623 e. The first-order chi connectivity index (χ1) is 12.6. The summed E-state index contributed by atoms with van der Waals surface area (Å²) in [5.41, 5.74) is 12.2. The van der Waals surface area contributed by atoms with Gasteiger partial charge in [-0.25, -0.2) is 0 Å². The van der Waals surface area contributed by atoms with E-state index in [9.17, 15) is 0 Å². The van der Waals surface area contributed by atoms with E-state index in [0.29, 0.717) is 0 Å². The lowest BCUT2D eigenvalue weighted by atomic mass is 9.78. The molecule has 144 valence electrons. The zero-order valence-corrected chi connectivity index (χ0v) is 18.6. The van der Waals surface area contributed by atoms with Crippen LogP contribution >= 0.6 is 0 Å². The fraction of sp³-hybridized carbons (Fsp3) is 0.481. The first-order valence-corrected chi connectivity index (χ1v) is 10.6. The van der Waals surface area contributed by atoms with Crippen LogP contribution in [0.2, 0.25) is 0 Å². The minimum absolute atomic E-state index is 0.145. The van der Waals surface area contributed by atoms with Crippen molar-refractivity contribution in [1.82, 2.24) is 0 Å². The first kappa shape index (κ1) is 19.9. The van der Waals surface area contributed by atoms with Gasteiger partial charge in [-0.05, 0) is 69.0 Å². The molecule has 0 saturated heterocycles. The molecule has 0 heteroatoms. The number of rotatable bonds is 3. The topological polar surface area (TPSA) is 0 Å². The van der Waals surface area contributed by atoms with E-state index in [1.807, 2.05) is 0 Å². The largest absolute Gasteiger partial charge is 0.0623 e. The van der Waals surface area contributed by atoms with Crippen LogP contribution in [-0.4, -0.2) is 0 Å². The van der Waals surface area contributed by atoms with Gasteiger partial charge in [0.15, 0.2) is 0 Å². The van der Waals surface area contributed by atoms with Gasteiger partial charge >= 0.3 is 0 Å². The van der Waals surface area contributed by atoms with Crippen molar-refractivity contribution in [1.29, 1.82) is 0 Å². The number of fused-ring (bicyclic) bond motifs is 1. The Balaban J connectivity index is 2.28. The van der Waals surface area contributed by atoms with Gasteiger partial charge in [-0.3, -0.25) is 0 Å². The van der Waals surface area contributed by atoms with Gasteiger partial charge in [0, 0.05) is 0 Å². The van der Waals surface area contributed by atoms with Crippen molar-refractivity contribution in [3.8, 4) is 11.1 Å². The fourth-order valence-corrected chi connectivity index (χ4v) is 4.27. The van der Waals surface area contributed by atoms with Crippen molar-refractivity contribution < 1.29 is 0 Å². The van der Waals surface area contributed by atoms with Crippen molar-refractivity contribution in [2.45, 2.75) is 85.5 Å². The Bertz CT molecular complexity index is 847. The molecule has 0 bridgehead atoms. The molecule has 1 aliphatic carbocycles. The Morgan fingerprint density at radius 2 is 1.37 bits per heavy atom. The summed E-state index contributed by atoms with van der Waals surface area (Å²) in [6.07, 6.45) is 3.42. The summed E-state index contributed by atoms with van der Waals surface area (Å²) >= 11 is 0. The van der Waals surface area contributed by atoms with Crippen molar-refractivity contribution in [2.24, 2.45) is 0 Å². The molecule has 0 aliphatic heterocycles. The van der Waals surface area contributed by atoms with Gasteiger partial charge in [-0.2, -0.15) is 0 Å². The Morgan fingerprint density at radius 3 is 1.85 bits per heavy atom. The highest BCUT2D eigenvalue weighted by Gasteiger charge is 2.25. The molecule has 0 nitrogen and oxygen atoms in total. The van der Waals surface area contributed by atoms with Gasteiger partial charge in [0.2, 0.25) is 0 Å². The van der Waals surface area contributed by atoms with E-state index < -0.39 is 0 Å². The van der Waals surface area contributed by atoms with E-state index in [1.165, 1.54) is 33.4 Å². The van der Waals surface area contributed by atoms with E-state index in [2.05, 4.69) is 91.8 Å². The second-order valence-corrected chi connectivity index (χ2v) is 10.1. The molecule has 0 spiro atoms. The van der Waals surface area contributed by atoms with Crippen LogP contribution in [0.1, 0.15) is 90.5 Å². The Kier molecular flexibility index (Phi) is 5.14. The van der Waals surface area contributed by atoms with Crippen molar-refractivity contribution in [2.75, 3.05) is 0 Å². The Hall–Kier alpha value is -1.82. The molecule has 0 aromatic heterocycles. The third kappa shape index (κ3) is 3.77. The smallest absolute Gasteiger partial charge is 0.00549 e. The highest BCUT2D eigenvalue weighted by atomic mass is 14.3.